The van der Waals surface area contributed by atoms with Crippen LogP contribution < -0.4 is 0 Å². The number of carbonyl (C=O) groups excluding carboxylic acids is 1. The van der Waals surface area contributed by atoms with E-state index in [1.807, 2.05) is 0 Å². The quantitative estimate of drug-likeness (QED) is 0.424. The Morgan fingerprint density at radius 3 is 2.79 bits per heavy atom. The van der Waals surface area contributed by atoms with Gasteiger partial charge in [-0.3, -0.25) is 0 Å². The molecular weight excluding hydrogens is 227 g/mol. The molecule has 0 aliphatic heterocycles. The summed E-state index contributed by atoms with van der Waals surface area (Å²) >= 11 is 11.3. The Hall–Kier alpha value is -1.31. The molecule has 14 heavy (non-hydrogen) atoms. The van der Waals surface area contributed by atoms with Gasteiger partial charge in [0.05, 0.1) is 12.1 Å². The first-order chi connectivity index (χ1) is 6.60. The number of nitrogens with zero attached hydrogens (tertiary/aromatic N) is 2. The summed E-state index contributed by atoms with van der Waals surface area (Å²) in [6.07, 6.45) is 0. The molecule has 0 atom stereocenters. The van der Waals surface area contributed by atoms with Crippen LogP contribution in [0.5, 0.6) is 0 Å². The van der Waals surface area contributed by atoms with Crippen molar-refractivity contribution >= 4 is 35.0 Å². The van der Waals surface area contributed by atoms with Gasteiger partial charge < -0.3 is 9.58 Å². The first kappa shape index (κ1) is 10.8. The molecule has 1 heterocycles. The summed E-state index contributed by atoms with van der Waals surface area (Å²) < 4.78 is 4.45. The highest BCUT2D eigenvalue weighted by Crippen LogP contribution is 2.27. The molecule has 72 valence electrons. The van der Waals surface area contributed by atoms with E-state index in [-0.39, 0.29) is 21.6 Å². The van der Waals surface area contributed by atoms with Crippen LogP contribution in [-0.4, -0.2) is 18.1 Å². The topological polar surface area (TPSA) is 43.5 Å². The molecule has 0 radical (unpaired) electrons. The second-order valence-electron chi connectivity index (χ2n) is 2.24. The molecule has 0 unspecified atom stereocenters. The van der Waals surface area contributed by atoms with Gasteiger partial charge in [0.25, 0.3) is 5.82 Å². The van der Waals surface area contributed by atoms with Crippen molar-refractivity contribution in [3.63, 3.8) is 0 Å². The second-order valence-corrected chi connectivity index (χ2v) is 3.00. The van der Waals surface area contributed by atoms with Crippen molar-refractivity contribution in [2.24, 2.45) is 0 Å². The van der Waals surface area contributed by atoms with Crippen molar-refractivity contribution < 1.29 is 9.53 Å². The molecule has 0 aliphatic rings. The van der Waals surface area contributed by atoms with Crippen LogP contribution in [0.1, 0.15) is 10.4 Å². The largest absolute Gasteiger partial charge is 0.465 e. The fourth-order valence-electron chi connectivity index (χ4n) is 0.789. The highest BCUT2D eigenvalue weighted by Gasteiger charge is 2.18. The average molecular weight is 231 g/mol. The molecule has 0 aromatic carbocycles. The van der Waals surface area contributed by atoms with Gasteiger partial charge >= 0.3 is 5.97 Å². The van der Waals surface area contributed by atoms with Gasteiger partial charge in [0.2, 0.25) is 5.15 Å². The Morgan fingerprint density at radius 1 is 1.64 bits per heavy atom. The number of hydrogen-bond acceptors (Lipinski definition) is 3. The summed E-state index contributed by atoms with van der Waals surface area (Å²) in [5, 5.41) is -0.0166. The van der Waals surface area contributed by atoms with Gasteiger partial charge in [-0.05, 0) is 17.7 Å². The minimum absolute atomic E-state index is 0.0377. The summed E-state index contributed by atoms with van der Waals surface area (Å²) in [7, 11) is 1.22. The number of hydrogen-bond donors (Lipinski definition) is 0. The summed E-state index contributed by atoms with van der Waals surface area (Å²) in [5.41, 5.74) is 0.0477. The lowest BCUT2D eigenvalue weighted by atomic mass is 10.3. The maximum absolute atomic E-state index is 11.1. The average Bonchev–Trinajstić information content (AvgIpc) is 2.19. The van der Waals surface area contributed by atoms with Crippen LogP contribution in [0.15, 0.2) is 6.07 Å². The first-order valence-corrected chi connectivity index (χ1v) is 4.17. The predicted octanol–water partition coefficient (Wildman–Crippen LogP) is 2.73. The molecule has 6 heteroatoms. The second kappa shape index (κ2) is 4.27. The third-order valence-electron chi connectivity index (χ3n) is 1.42. The van der Waals surface area contributed by atoms with E-state index in [9.17, 15) is 4.79 Å². The Balaban J connectivity index is 3.30. The van der Waals surface area contributed by atoms with Crippen LogP contribution in [0.2, 0.25) is 10.2 Å². The van der Waals surface area contributed by atoms with E-state index in [2.05, 4.69) is 14.6 Å². The van der Waals surface area contributed by atoms with Crippen LogP contribution in [0.25, 0.3) is 4.85 Å². The van der Waals surface area contributed by atoms with Gasteiger partial charge in [-0.25, -0.2) is 4.79 Å². The standard InChI is InChI=1S/C8H4Cl2N2O2/c1-11-7-5(9)3-4(6(10)12-7)8(13)14-2/h3H,2H3. The van der Waals surface area contributed by atoms with Crippen molar-refractivity contribution in [3.05, 3.63) is 33.2 Å². The zero-order valence-electron chi connectivity index (χ0n) is 7.04. The Labute approximate surface area is 90.2 Å². The van der Waals surface area contributed by atoms with Gasteiger partial charge in [-0.1, -0.05) is 18.2 Å². The molecule has 1 aromatic rings. The Kier molecular flexibility index (Phi) is 3.28. The van der Waals surface area contributed by atoms with Crippen molar-refractivity contribution in [1.82, 2.24) is 4.98 Å². The van der Waals surface area contributed by atoms with Crippen LogP contribution >= 0.6 is 23.2 Å². The number of ether oxygens (including phenoxy) is 1. The molecule has 0 amide bonds. The summed E-state index contributed by atoms with van der Waals surface area (Å²) in [6.45, 7) is 6.71. The van der Waals surface area contributed by atoms with Crippen molar-refractivity contribution in [1.29, 1.82) is 0 Å². The van der Waals surface area contributed by atoms with Crippen LogP contribution in [0.3, 0.4) is 0 Å². The number of halogens is 2. The molecular formula is C8H4Cl2N2O2. The maximum atomic E-state index is 11.1. The minimum atomic E-state index is -0.638. The van der Waals surface area contributed by atoms with E-state index in [0.29, 0.717) is 0 Å². The molecule has 0 spiro atoms. The molecule has 4 nitrogen and oxygen atoms in total. The molecule has 0 N–H and O–H groups in total. The van der Waals surface area contributed by atoms with Crippen molar-refractivity contribution in [3.8, 4) is 0 Å². The lowest BCUT2D eigenvalue weighted by Gasteiger charge is -2.00. The van der Waals surface area contributed by atoms with Crippen molar-refractivity contribution in [2.45, 2.75) is 0 Å². The van der Waals surface area contributed by atoms with Crippen LogP contribution in [0, 0.1) is 6.57 Å². The van der Waals surface area contributed by atoms with Gasteiger partial charge in [-0.15, -0.1) is 4.98 Å². The van der Waals surface area contributed by atoms with Crippen LogP contribution in [-0.2, 0) is 4.74 Å². The summed E-state index contributed by atoms with van der Waals surface area (Å²) in [4.78, 5) is 17.8. The number of methoxy groups -OCH3 is 1. The van der Waals surface area contributed by atoms with Gasteiger partial charge in [0.15, 0.2) is 0 Å². The van der Waals surface area contributed by atoms with Crippen molar-refractivity contribution in [2.75, 3.05) is 7.11 Å². The molecule has 1 aromatic heterocycles. The Morgan fingerprint density at radius 2 is 2.29 bits per heavy atom. The lowest BCUT2D eigenvalue weighted by Crippen LogP contribution is -2.03. The van der Waals surface area contributed by atoms with Gasteiger partial charge in [0, 0.05) is 0 Å². The van der Waals surface area contributed by atoms with Gasteiger partial charge in [-0.2, -0.15) is 0 Å². The smallest absolute Gasteiger partial charge is 0.343 e. The predicted molar refractivity (Wildman–Crippen MR) is 51.9 cm³/mol. The van der Waals surface area contributed by atoms with E-state index >= 15 is 0 Å². The molecule has 1 rings (SSSR count). The fourth-order valence-corrected chi connectivity index (χ4v) is 1.19. The zero-order valence-corrected chi connectivity index (χ0v) is 8.56. The number of rotatable bonds is 1. The monoisotopic (exact) mass is 230 g/mol. The summed E-state index contributed by atoms with van der Waals surface area (Å²) in [5.74, 6) is -0.676. The van der Waals surface area contributed by atoms with E-state index in [4.69, 9.17) is 29.8 Å². The first-order valence-electron chi connectivity index (χ1n) is 3.42. The van der Waals surface area contributed by atoms with E-state index < -0.39 is 5.97 Å². The Bertz CT molecular complexity index is 426. The van der Waals surface area contributed by atoms with E-state index in [0.717, 1.165) is 0 Å². The number of pyridine rings is 1. The normalized spacial score (nSPS) is 9.29. The molecule has 0 saturated heterocycles. The molecule has 0 fully saturated rings. The van der Waals surface area contributed by atoms with Gasteiger partial charge in [0.1, 0.15) is 5.56 Å². The molecule has 0 saturated carbocycles. The molecule has 0 bridgehead atoms. The highest BCUT2D eigenvalue weighted by molar-refractivity contribution is 6.36. The van der Waals surface area contributed by atoms with Crippen LogP contribution in [0.4, 0.5) is 5.82 Å². The zero-order chi connectivity index (χ0) is 10.7. The number of carbonyl (C=O) groups is 1. The third kappa shape index (κ3) is 1.95. The SMILES string of the molecule is [C-]#[N+]c1nc(Cl)c(C(=O)OC)cc1Cl. The molecule has 0 aliphatic carbocycles. The highest BCUT2D eigenvalue weighted by atomic mass is 35.5. The van der Waals surface area contributed by atoms with E-state index in [1.165, 1.54) is 13.2 Å². The third-order valence-corrected chi connectivity index (χ3v) is 1.99. The van der Waals surface area contributed by atoms with E-state index in [1.54, 1.807) is 0 Å². The fraction of sp³-hybridized carbons (Fsp3) is 0.125. The lowest BCUT2D eigenvalue weighted by molar-refractivity contribution is 0.0600. The maximum Gasteiger partial charge on any atom is 0.343 e. The summed E-state index contributed by atoms with van der Waals surface area (Å²) in [6, 6.07) is 1.26. The number of esters is 1. The minimum Gasteiger partial charge on any atom is -0.465 e. The number of aromatic nitrogens is 1.